The fourth-order valence-corrected chi connectivity index (χ4v) is 1.97. The van der Waals surface area contributed by atoms with Crippen LogP contribution in [0.15, 0.2) is 34.1 Å². The van der Waals surface area contributed by atoms with Gasteiger partial charge in [-0.1, -0.05) is 16.6 Å². The maximum Gasteiger partial charge on any atom is 0.249 e. The first kappa shape index (κ1) is 10.1. The molecular formula is C11H5FN2O2S. The molecule has 0 N–H and O–H groups in total. The van der Waals surface area contributed by atoms with Crippen molar-refractivity contribution in [3.8, 4) is 0 Å². The molecule has 3 aromatic rings. The summed E-state index contributed by atoms with van der Waals surface area (Å²) in [7, 11) is 0. The summed E-state index contributed by atoms with van der Waals surface area (Å²) < 4.78 is 22.2. The van der Waals surface area contributed by atoms with Gasteiger partial charge in [-0.05, 0) is 23.7 Å². The van der Waals surface area contributed by atoms with Gasteiger partial charge in [-0.25, -0.2) is 4.39 Å². The van der Waals surface area contributed by atoms with Gasteiger partial charge in [0.2, 0.25) is 5.78 Å². The SMILES string of the molecule is O=C(c1csnn1)c1cc2cccc(F)c2o1. The maximum atomic E-state index is 13.4. The smallest absolute Gasteiger partial charge is 0.249 e. The van der Waals surface area contributed by atoms with Gasteiger partial charge in [0.25, 0.3) is 0 Å². The molecule has 0 aliphatic carbocycles. The molecular weight excluding hydrogens is 243 g/mol. The number of rotatable bonds is 2. The zero-order valence-corrected chi connectivity index (χ0v) is 9.20. The first-order valence-corrected chi connectivity index (χ1v) is 5.59. The first-order valence-electron chi connectivity index (χ1n) is 4.75. The standard InChI is InChI=1S/C11H5FN2O2S/c12-7-3-1-2-6-4-9(16-11(6)7)10(15)8-5-17-14-13-8/h1-5H. The van der Waals surface area contributed by atoms with Crippen LogP contribution in [0.25, 0.3) is 11.0 Å². The van der Waals surface area contributed by atoms with Crippen molar-refractivity contribution in [2.24, 2.45) is 0 Å². The van der Waals surface area contributed by atoms with Gasteiger partial charge in [0.1, 0.15) is 5.69 Å². The molecule has 1 aromatic carbocycles. The number of carbonyl (C=O) groups is 1. The second-order valence-electron chi connectivity index (χ2n) is 3.39. The Balaban J connectivity index is 2.13. The predicted molar refractivity (Wildman–Crippen MR) is 59.5 cm³/mol. The number of nitrogens with zero attached hydrogens (tertiary/aromatic N) is 2. The summed E-state index contributed by atoms with van der Waals surface area (Å²) in [6.07, 6.45) is 0. The molecule has 3 rings (SSSR count). The van der Waals surface area contributed by atoms with Crippen LogP contribution in [0.2, 0.25) is 0 Å². The zero-order valence-electron chi connectivity index (χ0n) is 8.38. The van der Waals surface area contributed by atoms with Gasteiger partial charge in [0.05, 0.1) is 0 Å². The largest absolute Gasteiger partial charge is 0.449 e. The number of furan rings is 1. The minimum Gasteiger partial charge on any atom is -0.449 e. The number of ketones is 1. The van der Waals surface area contributed by atoms with E-state index in [1.54, 1.807) is 12.1 Å². The quantitative estimate of drug-likeness (QED) is 0.654. The number of aromatic nitrogens is 2. The van der Waals surface area contributed by atoms with Crippen LogP contribution >= 0.6 is 11.5 Å². The highest BCUT2D eigenvalue weighted by molar-refractivity contribution is 7.03. The second kappa shape index (κ2) is 3.74. The normalized spacial score (nSPS) is 10.9. The highest BCUT2D eigenvalue weighted by atomic mass is 32.1. The van der Waals surface area contributed by atoms with Gasteiger partial charge in [-0.2, -0.15) is 0 Å². The third-order valence-corrected chi connectivity index (χ3v) is 2.82. The van der Waals surface area contributed by atoms with Crippen molar-refractivity contribution in [1.82, 2.24) is 9.59 Å². The molecule has 0 spiro atoms. The summed E-state index contributed by atoms with van der Waals surface area (Å²) in [5.41, 5.74) is 0.286. The predicted octanol–water partition coefficient (Wildman–Crippen LogP) is 2.65. The maximum absolute atomic E-state index is 13.4. The van der Waals surface area contributed by atoms with Crippen LogP contribution in [0.5, 0.6) is 0 Å². The van der Waals surface area contributed by atoms with Crippen molar-refractivity contribution in [1.29, 1.82) is 0 Å². The molecule has 0 fully saturated rings. The summed E-state index contributed by atoms with van der Waals surface area (Å²) in [5, 5.41) is 5.72. The van der Waals surface area contributed by atoms with Crippen LogP contribution in [0, 0.1) is 5.82 Å². The molecule has 84 valence electrons. The van der Waals surface area contributed by atoms with Gasteiger partial charge < -0.3 is 4.42 Å². The molecule has 0 aliphatic rings. The van der Waals surface area contributed by atoms with Crippen LogP contribution in [-0.4, -0.2) is 15.4 Å². The van der Waals surface area contributed by atoms with Crippen LogP contribution in [0.1, 0.15) is 16.2 Å². The summed E-state index contributed by atoms with van der Waals surface area (Å²) in [6.45, 7) is 0. The minimum atomic E-state index is -0.488. The summed E-state index contributed by atoms with van der Waals surface area (Å²) in [4.78, 5) is 11.9. The highest BCUT2D eigenvalue weighted by Gasteiger charge is 2.18. The molecule has 4 nitrogen and oxygen atoms in total. The van der Waals surface area contributed by atoms with Gasteiger partial charge in [0, 0.05) is 10.8 Å². The topological polar surface area (TPSA) is 56.0 Å². The van der Waals surface area contributed by atoms with Crippen molar-refractivity contribution < 1.29 is 13.6 Å². The van der Waals surface area contributed by atoms with Crippen molar-refractivity contribution in [2.75, 3.05) is 0 Å². The minimum absolute atomic E-state index is 0.0674. The molecule has 17 heavy (non-hydrogen) atoms. The Hall–Kier alpha value is -2.08. The molecule has 0 unspecified atom stereocenters. The molecule has 6 heteroatoms. The monoisotopic (exact) mass is 248 g/mol. The number of hydrogen-bond acceptors (Lipinski definition) is 5. The zero-order chi connectivity index (χ0) is 11.8. The lowest BCUT2D eigenvalue weighted by Gasteiger charge is -1.90. The molecule has 0 atom stereocenters. The lowest BCUT2D eigenvalue weighted by Crippen LogP contribution is -1.99. The Morgan fingerprint density at radius 1 is 1.41 bits per heavy atom. The lowest BCUT2D eigenvalue weighted by atomic mass is 10.2. The van der Waals surface area contributed by atoms with E-state index in [9.17, 15) is 9.18 Å². The number of halogens is 1. The molecule has 0 aliphatic heterocycles. The number of fused-ring (bicyclic) bond motifs is 1. The third-order valence-electron chi connectivity index (χ3n) is 2.31. The fourth-order valence-electron chi connectivity index (χ4n) is 1.53. The van der Waals surface area contributed by atoms with Crippen LogP contribution in [0.4, 0.5) is 4.39 Å². The number of para-hydroxylation sites is 1. The molecule has 0 radical (unpaired) electrons. The Morgan fingerprint density at radius 3 is 3.00 bits per heavy atom. The lowest BCUT2D eigenvalue weighted by molar-refractivity contribution is 0.101. The van der Waals surface area contributed by atoms with Gasteiger partial charge in [0.15, 0.2) is 17.2 Å². The van der Waals surface area contributed by atoms with E-state index in [0.29, 0.717) is 5.39 Å². The summed E-state index contributed by atoms with van der Waals surface area (Å²) in [5.74, 6) is -0.815. The van der Waals surface area contributed by atoms with E-state index in [1.807, 2.05) is 0 Å². The van der Waals surface area contributed by atoms with E-state index in [1.165, 1.54) is 17.5 Å². The Labute approximate surface area is 98.8 Å². The Morgan fingerprint density at radius 2 is 2.29 bits per heavy atom. The van der Waals surface area contributed by atoms with E-state index in [0.717, 1.165) is 11.5 Å². The summed E-state index contributed by atoms with van der Waals surface area (Å²) in [6, 6.07) is 6.02. The number of carbonyl (C=O) groups excluding carboxylic acids is 1. The van der Waals surface area contributed by atoms with Gasteiger partial charge >= 0.3 is 0 Å². The van der Waals surface area contributed by atoms with E-state index < -0.39 is 11.6 Å². The average Bonchev–Trinajstić information content (AvgIpc) is 2.98. The number of benzene rings is 1. The fraction of sp³-hybridized carbons (Fsp3) is 0. The molecule has 0 amide bonds. The third kappa shape index (κ3) is 1.62. The van der Waals surface area contributed by atoms with E-state index in [4.69, 9.17) is 4.42 Å². The molecule has 0 saturated carbocycles. The van der Waals surface area contributed by atoms with Gasteiger partial charge in [-0.3, -0.25) is 4.79 Å². The molecule has 2 heterocycles. The Kier molecular flexibility index (Phi) is 2.22. The van der Waals surface area contributed by atoms with Crippen LogP contribution in [-0.2, 0) is 0 Å². The van der Waals surface area contributed by atoms with Crippen molar-refractivity contribution in [3.05, 3.63) is 46.9 Å². The molecule has 0 saturated heterocycles. The van der Waals surface area contributed by atoms with Crippen molar-refractivity contribution in [3.63, 3.8) is 0 Å². The van der Waals surface area contributed by atoms with E-state index in [2.05, 4.69) is 9.59 Å². The molecule has 2 aromatic heterocycles. The highest BCUT2D eigenvalue weighted by Crippen LogP contribution is 2.23. The van der Waals surface area contributed by atoms with Crippen molar-refractivity contribution >= 4 is 28.3 Å². The second-order valence-corrected chi connectivity index (χ2v) is 4.00. The Bertz CT molecular complexity index is 691. The van der Waals surface area contributed by atoms with Crippen molar-refractivity contribution in [2.45, 2.75) is 0 Å². The van der Waals surface area contributed by atoms with Crippen LogP contribution < -0.4 is 0 Å². The van der Waals surface area contributed by atoms with E-state index in [-0.39, 0.29) is 17.0 Å². The van der Waals surface area contributed by atoms with E-state index >= 15 is 0 Å². The molecule has 0 bridgehead atoms. The summed E-state index contributed by atoms with van der Waals surface area (Å²) >= 11 is 1.07. The number of hydrogen-bond donors (Lipinski definition) is 0. The van der Waals surface area contributed by atoms with Gasteiger partial charge in [-0.15, -0.1) is 5.10 Å². The average molecular weight is 248 g/mol. The van der Waals surface area contributed by atoms with Crippen LogP contribution in [0.3, 0.4) is 0 Å². The first-order chi connectivity index (χ1) is 8.25.